The van der Waals surface area contributed by atoms with Gasteiger partial charge in [-0.3, -0.25) is 5.41 Å². The van der Waals surface area contributed by atoms with Crippen LogP contribution in [0, 0.1) is 12.3 Å². The van der Waals surface area contributed by atoms with E-state index in [1.54, 1.807) is 19.3 Å². The number of hydrogen-bond donors (Lipinski definition) is 3. The van der Waals surface area contributed by atoms with Crippen molar-refractivity contribution in [2.45, 2.75) is 32.0 Å². The SMILES string of the molecule is CNc1c(C(=N)NC2CCOCC2)c(-c2ccc(OC)c(C(F)(F)F)c2)cn1-c1cccc(C)c1. The fraction of sp³-hybridized carbons (Fsp3) is 0.346. The third kappa shape index (κ3) is 5.14. The van der Waals surface area contributed by atoms with Crippen LogP contribution in [0.3, 0.4) is 0 Å². The highest BCUT2D eigenvalue weighted by molar-refractivity contribution is 6.07. The van der Waals surface area contributed by atoms with Gasteiger partial charge in [0.2, 0.25) is 0 Å². The molecule has 0 radical (unpaired) electrons. The molecule has 1 aliphatic rings. The summed E-state index contributed by atoms with van der Waals surface area (Å²) in [5, 5.41) is 15.4. The molecule has 0 aliphatic carbocycles. The van der Waals surface area contributed by atoms with Crippen molar-refractivity contribution in [1.29, 1.82) is 5.41 Å². The lowest BCUT2D eigenvalue weighted by atomic mass is 9.99. The maximum absolute atomic E-state index is 13.8. The molecule has 1 fully saturated rings. The number of amidine groups is 1. The smallest absolute Gasteiger partial charge is 0.419 e. The average Bonchev–Trinajstić information content (AvgIpc) is 3.23. The number of methoxy groups -OCH3 is 1. The van der Waals surface area contributed by atoms with Crippen LogP contribution in [0.4, 0.5) is 19.0 Å². The fourth-order valence-electron chi connectivity index (χ4n) is 4.42. The Labute approximate surface area is 202 Å². The normalized spacial score (nSPS) is 14.6. The second-order valence-electron chi connectivity index (χ2n) is 8.54. The van der Waals surface area contributed by atoms with Gasteiger partial charge in [-0.2, -0.15) is 13.2 Å². The summed E-state index contributed by atoms with van der Waals surface area (Å²) in [4.78, 5) is 0. The van der Waals surface area contributed by atoms with Crippen molar-refractivity contribution in [3.63, 3.8) is 0 Å². The number of ether oxygens (including phenoxy) is 2. The van der Waals surface area contributed by atoms with Crippen LogP contribution in [-0.4, -0.2) is 43.8 Å². The van der Waals surface area contributed by atoms with E-state index in [-0.39, 0.29) is 17.6 Å². The first kappa shape index (κ1) is 24.7. The molecule has 6 nitrogen and oxygen atoms in total. The molecule has 2 aromatic carbocycles. The van der Waals surface area contributed by atoms with E-state index in [0.29, 0.717) is 35.7 Å². The molecule has 0 bridgehead atoms. The zero-order chi connectivity index (χ0) is 25.2. The van der Waals surface area contributed by atoms with E-state index in [4.69, 9.17) is 14.9 Å². The van der Waals surface area contributed by atoms with Gasteiger partial charge in [0.15, 0.2) is 0 Å². The predicted octanol–water partition coefficient (Wildman–Crippen LogP) is 5.62. The molecule has 0 unspecified atom stereocenters. The number of benzene rings is 2. The molecule has 1 aliphatic heterocycles. The third-order valence-electron chi connectivity index (χ3n) is 6.16. The van der Waals surface area contributed by atoms with Gasteiger partial charge in [-0.05, 0) is 55.2 Å². The summed E-state index contributed by atoms with van der Waals surface area (Å²) < 4.78 is 53.6. The van der Waals surface area contributed by atoms with Gasteiger partial charge < -0.3 is 24.7 Å². The zero-order valence-corrected chi connectivity index (χ0v) is 19.9. The Morgan fingerprint density at radius 1 is 1.14 bits per heavy atom. The minimum absolute atomic E-state index is 0.0535. The van der Waals surface area contributed by atoms with Crippen LogP contribution in [0.5, 0.6) is 5.75 Å². The lowest BCUT2D eigenvalue weighted by Crippen LogP contribution is -2.39. The number of alkyl halides is 3. The molecule has 35 heavy (non-hydrogen) atoms. The van der Waals surface area contributed by atoms with E-state index >= 15 is 0 Å². The molecular weight excluding hydrogens is 457 g/mol. The van der Waals surface area contributed by atoms with Gasteiger partial charge in [-0.1, -0.05) is 18.2 Å². The number of rotatable bonds is 6. The molecule has 1 saturated heterocycles. The van der Waals surface area contributed by atoms with Crippen LogP contribution in [0.1, 0.15) is 29.5 Å². The van der Waals surface area contributed by atoms with Gasteiger partial charge in [-0.25, -0.2) is 0 Å². The van der Waals surface area contributed by atoms with E-state index < -0.39 is 11.7 Å². The summed E-state index contributed by atoms with van der Waals surface area (Å²) in [5.41, 5.74) is 2.37. The first-order valence-corrected chi connectivity index (χ1v) is 11.4. The van der Waals surface area contributed by atoms with Crippen LogP contribution in [0.15, 0.2) is 48.7 Å². The van der Waals surface area contributed by atoms with Crippen molar-refractivity contribution >= 4 is 11.7 Å². The molecule has 0 saturated carbocycles. The Morgan fingerprint density at radius 2 is 1.89 bits per heavy atom. The van der Waals surface area contributed by atoms with Gasteiger partial charge in [0.25, 0.3) is 0 Å². The van der Waals surface area contributed by atoms with Crippen molar-refractivity contribution in [3.8, 4) is 22.6 Å². The standard InChI is InChI=1S/C26H29F3N4O2/c1-16-5-4-6-19(13-16)33-15-20(17-7-8-22(34-3)21(14-17)26(27,28)29)23(25(33)31-2)24(30)32-18-9-11-35-12-10-18/h4-8,13-15,18,31H,9-12H2,1-3H3,(H2,30,32). The average molecular weight is 487 g/mol. The lowest BCUT2D eigenvalue weighted by molar-refractivity contribution is -0.138. The highest BCUT2D eigenvalue weighted by atomic mass is 19.4. The molecular formula is C26H29F3N4O2. The minimum atomic E-state index is -4.58. The predicted molar refractivity (Wildman–Crippen MR) is 131 cm³/mol. The largest absolute Gasteiger partial charge is 0.496 e. The number of halogens is 3. The topological polar surface area (TPSA) is 71.3 Å². The van der Waals surface area contributed by atoms with E-state index in [1.165, 1.54) is 13.2 Å². The molecule has 9 heteroatoms. The number of aryl methyl sites for hydroxylation is 1. The number of aromatic nitrogens is 1. The van der Waals surface area contributed by atoms with Crippen molar-refractivity contribution < 1.29 is 22.6 Å². The molecule has 186 valence electrons. The zero-order valence-electron chi connectivity index (χ0n) is 19.9. The van der Waals surface area contributed by atoms with E-state index in [0.717, 1.165) is 30.2 Å². The van der Waals surface area contributed by atoms with Crippen LogP contribution in [0.2, 0.25) is 0 Å². The van der Waals surface area contributed by atoms with Crippen LogP contribution < -0.4 is 15.4 Å². The van der Waals surface area contributed by atoms with Gasteiger partial charge in [0.05, 0.1) is 18.2 Å². The molecule has 0 atom stereocenters. The van der Waals surface area contributed by atoms with Crippen molar-refractivity contribution in [2.24, 2.45) is 0 Å². The van der Waals surface area contributed by atoms with E-state index in [2.05, 4.69) is 10.6 Å². The second-order valence-corrected chi connectivity index (χ2v) is 8.54. The number of hydrogen-bond acceptors (Lipinski definition) is 4. The van der Waals surface area contributed by atoms with Gasteiger partial charge in [0, 0.05) is 43.8 Å². The summed E-state index contributed by atoms with van der Waals surface area (Å²) >= 11 is 0. The van der Waals surface area contributed by atoms with Gasteiger partial charge >= 0.3 is 6.18 Å². The maximum Gasteiger partial charge on any atom is 0.419 e. The molecule has 0 amide bonds. The Kier molecular flexibility index (Phi) is 7.07. The van der Waals surface area contributed by atoms with Gasteiger partial charge in [0.1, 0.15) is 17.4 Å². The Morgan fingerprint density at radius 3 is 2.51 bits per heavy atom. The minimum Gasteiger partial charge on any atom is -0.496 e. The van der Waals surface area contributed by atoms with Crippen LogP contribution in [-0.2, 0) is 10.9 Å². The summed E-state index contributed by atoms with van der Waals surface area (Å²) in [6.07, 6.45) is -1.30. The van der Waals surface area contributed by atoms with E-state index in [1.807, 2.05) is 35.8 Å². The highest BCUT2D eigenvalue weighted by Gasteiger charge is 2.35. The molecule has 3 N–H and O–H groups in total. The molecule has 0 spiro atoms. The van der Waals surface area contributed by atoms with Crippen LogP contribution in [0.25, 0.3) is 16.8 Å². The quantitative estimate of drug-likeness (QED) is 0.313. The van der Waals surface area contributed by atoms with Crippen molar-refractivity contribution in [3.05, 3.63) is 65.4 Å². The summed E-state index contributed by atoms with van der Waals surface area (Å²) in [6, 6.07) is 11.9. The fourth-order valence-corrected chi connectivity index (χ4v) is 4.42. The first-order valence-electron chi connectivity index (χ1n) is 11.4. The third-order valence-corrected chi connectivity index (χ3v) is 6.16. The molecule has 3 aromatic rings. The lowest BCUT2D eigenvalue weighted by Gasteiger charge is -2.25. The molecule has 1 aromatic heterocycles. The second kappa shape index (κ2) is 10.0. The molecule has 4 rings (SSSR count). The van der Waals surface area contributed by atoms with Crippen LogP contribution >= 0.6 is 0 Å². The molecule has 2 heterocycles. The van der Waals surface area contributed by atoms with Crippen molar-refractivity contribution in [2.75, 3.05) is 32.7 Å². The summed E-state index contributed by atoms with van der Waals surface area (Å²) in [5.74, 6) is 0.511. The van der Waals surface area contributed by atoms with Gasteiger partial charge in [-0.15, -0.1) is 0 Å². The number of anilines is 1. The van der Waals surface area contributed by atoms with Crippen molar-refractivity contribution in [1.82, 2.24) is 9.88 Å². The number of nitrogens with one attached hydrogen (secondary N) is 3. The Balaban J connectivity index is 1.89. The Bertz CT molecular complexity index is 1210. The Hall–Kier alpha value is -3.46. The number of nitrogens with zero attached hydrogens (tertiary/aromatic N) is 1. The summed E-state index contributed by atoms with van der Waals surface area (Å²) in [7, 11) is 2.96. The summed E-state index contributed by atoms with van der Waals surface area (Å²) in [6.45, 7) is 3.19. The van der Waals surface area contributed by atoms with E-state index in [9.17, 15) is 13.2 Å². The highest BCUT2D eigenvalue weighted by Crippen LogP contribution is 2.41. The first-order chi connectivity index (χ1) is 16.7. The monoisotopic (exact) mass is 486 g/mol. The maximum atomic E-state index is 13.8.